The topological polar surface area (TPSA) is 9.23 Å². The summed E-state index contributed by atoms with van der Waals surface area (Å²) in [5, 5.41) is 0. The third-order valence-corrected chi connectivity index (χ3v) is 2.16. The molecular formula is C7H3F13O. The van der Waals surface area contributed by atoms with Crippen molar-refractivity contribution in [3.05, 3.63) is 0 Å². The maximum Gasteiger partial charge on any atom is 0.460 e. The van der Waals surface area contributed by atoms with Crippen molar-refractivity contribution in [2.75, 3.05) is 7.11 Å². The molecule has 1 nitrogen and oxygen atoms in total. The maximum atomic E-state index is 12.6. The lowest BCUT2D eigenvalue weighted by Gasteiger charge is -2.38. The molecule has 0 bridgehead atoms. The Kier molecular flexibility index (Phi) is 4.56. The summed E-state index contributed by atoms with van der Waals surface area (Å²) in [5.41, 5.74) is 0. The first-order chi connectivity index (χ1) is 8.81. The molecule has 0 fully saturated rings. The van der Waals surface area contributed by atoms with Gasteiger partial charge in [0.25, 0.3) is 0 Å². The van der Waals surface area contributed by atoms with Gasteiger partial charge in [-0.1, -0.05) is 0 Å². The van der Waals surface area contributed by atoms with E-state index in [-0.39, 0.29) is 7.11 Å². The first-order valence-electron chi connectivity index (χ1n) is 4.32. The monoisotopic (exact) mass is 350 g/mol. The molecule has 0 aliphatic rings. The van der Waals surface area contributed by atoms with Gasteiger partial charge in [0.05, 0.1) is 0 Å². The smallest absolute Gasteiger partial charge is 0.319 e. The minimum atomic E-state index is -7.89. The predicted octanol–water partition coefficient (Wildman–Crippen LogP) is 4.33. The Balaban J connectivity index is 6.14. The van der Waals surface area contributed by atoms with Crippen LogP contribution in [0.4, 0.5) is 57.1 Å². The Labute approximate surface area is 106 Å². The minimum Gasteiger partial charge on any atom is -0.319 e. The quantitative estimate of drug-likeness (QED) is 0.671. The van der Waals surface area contributed by atoms with Crippen LogP contribution in [0, 0.1) is 0 Å². The first-order valence-corrected chi connectivity index (χ1v) is 4.32. The highest BCUT2D eigenvalue weighted by Gasteiger charge is 2.91. The van der Waals surface area contributed by atoms with E-state index in [2.05, 4.69) is 4.74 Å². The summed E-state index contributed by atoms with van der Waals surface area (Å²) in [6.07, 6.45) is -13.8. The highest BCUT2D eigenvalue weighted by atomic mass is 19.4. The van der Waals surface area contributed by atoms with Crippen LogP contribution in [0.15, 0.2) is 0 Å². The number of rotatable bonds is 5. The number of hydrogen-bond donors (Lipinski definition) is 0. The summed E-state index contributed by atoms with van der Waals surface area (Å²) in [6, 6.07) is 0. The summed E-state index contributed by atoms with van der Waals surface area (Å²) in [6.45, 7) is 0. The molecule has 0 aliphatic heterocycles. The lowest BCUT2D eigenvalue weighted by atomic mass is 9.97. The molecule has 0 radical (unpaired) electrons. The number of methoxy groups -OCH3 is 1. The van der Waals surface area contributed by atoms with Gasteiger partial charge in [-0.2, -0.15) is 57.1 Å². The van der Waals surface area contributed by atoms with E-state index < -0.39 is 36.0 Å². The standard InChI is InChI=1S/C7H3F13O/c1-21-7(19,20)5(14,15)3(10,11)2(8,9)4(12,13)6(16,17)18/h1H3. The second-order valence-corrected chi connectivity index (χ2v) is 3.52. The molecule has 21 heavy (non-hydrogen) atoms. The van der Waals surface area contributed by atoms with Gasteiger partial charge in [-0.05, 0) is 0 Å². The van der Waals surface area contributed by atoms with E-state index in [0.29, 0.717) is 0 Å². The van der Waals surface area contributed by atoms with Crippen LogP contribution in [0.3, 0.4) is 0 Å². The van der Waals surface area contributed by atoms with Gasteiger partial charge in [0.2, 0.25) is 0 Å². The zero-order chi connectivity index (χ0) is 17.7. The molecule has 0 rings (SSSR count). The van der Waals surface area contributed by atoms with E-state index in [0.717, 1.165) is 0 Å². The molecule has 0 saturated carbocycles. The van der Waals surface area contributed by atoms with Crippen LogP contribution in [0.5, 0.6) is 0 Å². The van der Waals surface area contributed by atoms with Crippen molar-refractivity contribution in [2.24, 2.45) is 0 Å². The van der Waals surface area contributed by atoms with Crippen molar-refractivity contribution in [3.8, 4) is 0 Å². The molecule has 0 amide bonds. The van der Waals surface area contributed by atoms with E-state index in [1.54, 1.807) is 0 Å². The molecule has 0 saturated heterocycles. The van der Waals surface area contributed by atoms with Crippen LogP contribution >= 0.6 is 0 Å². The molecule has 0 aliphatic carbocycles. The predicted molar refractivity (Wildman–Crippen MR) is 37.8 cm³/mol. The molecule has 0 N–H and O–H groups in total. The zero-order valence-electron chi connectivity index (χ0n) is 9.32. The Morgan fingerprint density at radius 3 is 1.00 bits per heavy atom. The van der Waals surface area contributed by atoms with Crippen molar-refractivity contribution in [1.29, 1.82) is 0 Å². The molecule has 0 heterocycles. The van der Waals surface area contributed by atoms with Gasteiger partial charge in [0.15, 0.2) is 0 Å². The van der Waals surface area contributed by atoms with E-state index in [9.17, 15) is 57.1 Å². The molecule has 128 valence electrons. The largest absolute Gasteiger partial charge is 0.460 e. The highest BCUT2D eigenvalue weighted by Crippen LogP contribution is 2.60. The van der Waals surface area contributed by atoms with Crippen molar-refractivity contribution < 1.29 is 61.8 Å². The average molecular weight is 350 g/mol. The Morgan fingerprint density at radius 1 is 0.476 bits per heavy atom. The van der Waals surface area contributed by atoms with Crippen LogP contribution < -0.4 is 0 Å². The van der Waals surface area contributed by atoms with E-state index in [4.69, 9.17) is 0 Å². The van der Waals surface area contributed by atoms with Crippen molar-refractivity contribution in [2.45, 2.75) is 36.0 Å². The Hall–Kier alpha value is -0.950. The molecule has 0 aromatic heterocycles. The molecule has 0 aromatic carbocycles. The fourth-order valence-electron chi connectivity index (χ4n) is 0.883. The normalized spacial score (nSPS) is 16.3. The Morgan fingerprint density at radius 2 is 0.762 bits per heavy atom. The molecule has 0 unspecified atom stereocenters. The number of hydrogen-bond acceptors (Lipinski definition) is 1. The lowest BCUT2D eigenvalue weighted by molar-refractivity contribution is -0.463. The van der Waals surface area contributed by atoms with E-state index >= 15 is 0 Å². The van der Waals surface area contributed by atoms with Crippen LogP contribution in [-0.2, 0) is 4.74 Å². The Bertz CT molecular complexity index is 380. The third-order valence-electron chi connectivity index (χ3n) is 2.16. The zero-order valence-corrected chi connectivity index (χ0v) is 9.32. The third kappa shape index (κ3) is 2.50. The molecule has 14 heteroatoms. The van der Waals surface area contributed by atoms with Crippen molar-refractivity contribution in [3.63, 3.8) is 0 Å². The lowest BCUT2D eigenvalue weighted by Crippen LogP contribution is -2.70. The second-order valence-electron chi connectivity index (χ2n) is 3.52. The first kappa shape index (κ1) is 20.1. The minimum absolute atomic E-state index is 0.385. The highest BCUT2D eigenvalue weighted by molar-refractivity contribution is 5.08. The number of halogens is 13. The van der Waals surface area contributed by atoms with Gasteiger partial charge < -0.3 is 4.74 Å². The summed E-state index contributed by atoms with van der Waals surface area (Å²) >= 11 is 0. The van der Waals surface area contributed by atoms with Gasteiger partial charge in [0, 0.05) is 7.11 Å². The van der Waals surface area contributed by atoms with Crippen LogP contribution in [0.25, 0.3) is 0 Å². The summed E-state index contributed by atoms with van der Waals surface area (Å²) < 4.78 is 162. The molecule has 0 spiro atoms. The van der Waals surface area contributed by atoms with Crippen molar-refractivity contribution >= 4 is 0 Å². The fraction of sp³-hybridized carbons (Fsp3) is 1.00. The molecular weight excluding hydrogens is 347 g/mol. The number of ether oxygens (including phenoxy) is 1. The van der Waals surface area contributed by atoms with E-state index in [1.807, 2.05) is 0 Å². The summed E-state index contributed by atoms with van der Waals surface area (Å²) in [4.78, 5) is 0. The maximum absolute atomic E-state index is 12.6. The van der Waals surface area contributed by atoms with Gasteiger partial charge in [-0.25, -0.2) is 0 Å². The van der Waals surface area contributed by atoms with Gasteiger partial charge in [0.1, 0.15) is 0 Å². The molecule has 0 aromatic rings. The van der Waals surface area contributed by atoms with Crippen molar-refractivity contribution in [1.82, 2.24) is 0 Å². The van der Waals surface area contributed by atoms with Gasteiger partial charge in [-0.3, -0.25) is 0 Å². The summed E-state index contributed by atoms with van der Waals surface area (Å²) in [5.74, 6) is -30.8. The second kappa shape index (κ2) is 4.78. The SMILES string of the molecule is COC(F)(F)C(F)(F)C(F)(F)C(F)(F)C(F)(F)C(F)(F)F. The summed E-state index contributed by atoms with van der Waals surface area (Å²) in [7, 11) is -0.385. The van der Waals surface area contributed by atoms with Crippen LogP contribution in [0.2, 0.25) is 0 Å². The van der Waals surface area contributed by atoms with Crippen LogP contribution in [-0.4, -0.2) is 43.1 Å². The molecule has 0 atom stereocenters. The van der Waals surface area contributed by atoms with Gasteiger partial charge in [-0.15, -0.1) is 0 Å². The van der Waals surface area contributed by atoms with Gasteiger partial charge >= 0.3 is 36.0 Å². The number of alkyl halides is 13. The average Bonchev–Trinajstić information content (AvgIpc) is 2.26. The van der Waals surface area contributed by atoms with E-state index in [1.165, 1.54) is 0 Å². The van der Waals surface area contributed by atoms with Crippen LogP contribution in [0.1, 0.15) is 0 Å². The fourth-order valence-corrected chi connectivity index (χ4v) is 0.883.